The molecule has 4 aromatic heterocycles. The first-order chi connectivity index (χ1) is 36.8. The molecule has 5 heterocycles. The van der Waals surface area contributed by atoms with Gasteiger partial charge in [0.1, 0.15) is 5.82 Å². The Bertz CT molecular complexity index is 4260. The number of hydrogen-bond donors (Lipinski definition) is 0. The van der Waals surface area contributed by atoms with Crippen LogP contribution in [-0.2, 0) is 45.8 Å². The summed E-state index contributed by atoms with van der Waals surface area (Å²) in [4.78, 5) is 8.88. The van der Waals surface area contributed by atoms with E-state index in [1.807, 2.05) is 150 Å². The summed E-state index contributed by atoms with van der Waals surface area (Å²) in [6, 6.07) is 60.8. The van der Waals surface area contributed by atoms with Crippen LogP contribution in [0.1, 0.15) is 60.9 Å². The van der Waals surface area contributed by atoms with Crippen LogP contribution >= 0.6 is 0 Å². The molecule has 12 aromatic rings. The van der Waals surface area contributed by atoms with E-state index in [4.69, 9.17) is 9.72 Å². The van der Waals surface area contributed by atoms with Crippen molar-refractivity contribution in [2.75, 3.05) is 9.80 Å². The second kappa shape index (κ2) is 16.7. The zero-order valence-electron chi connectivity index (χ0n) is 46.7. The first kappa shape index (κ1) is 39.1. The van der Waals surface area contributed by atoms with Gasteiger partial charge in [-0.3, -0.25) is 0 Å². The second-order valence-corrected chi connectivity index (χ2v) is 20.6. The molecule has 0 spiro atoms. The molecule has 0 amide bonds. The van der Waals surface area contributed by atoms with Gasteiger partial charge in [0.05, 0.1) is 16.7 Å². The second-order valence-electron chi connectivity index (χ2n) is 20.6. The number of nitrogens with zero attached hydrogens (tertiary/aromatic N) is 6. The van der Waals surface area contributed by atoms with Crippen LogP contribution in [0, 0.1) is 18.8 Å². The molecule has 358 valence electrons. The monoisotopic (exact) mass is 1120 g/mol. The summed E-state index contributed by atoms with van der Waals surface area (Å²) in [5.74, 6) is 1.74. The summed E-state index contributed by atoms with van der Waals surface area (Å²) < 4.78 is 67.6. The van der Waals surface area contributed by atoms with E-state index in [9.17, 15) is 8.22 Å². The third-order valence-electron chi connectivity index (χ3n) is 14.2. The predicted octanol–water partition coefficient (Wildman–Crippen LogP) is 16.5. The van der Waals surface area contributed by atoms with Crippen LogP contribution < -0.4 is 14.5 Å². The fourth-order valence-corrected chi connectivity index (χ4v) is 10.7. The third-order valence-corrected chi connectivity index (χ3v) is 14.2. The molecule has 1 aliphatic heterocycles. The van der Waals surface area contributed by atoms with Gasteiger partial charge < -0.3 is 28.2 Å². The van der Waals surface area contributed by atoms with Gasteiger partial charge in [-0.2, -0.15) is 6.07 Å². The summed E-state index contributed by atoms with van der Waals surface area (Å²) in [6.45, 7) is 9.59. The van der Waals surface area contributed by atoms with E-state index in [0.717, 1.165) is 66.3 Å². The molecule has 72 heavy (non-hydrogen) atoms. The Kier molecular flexibility index (Phi) is 9.09. The van der Waals surface area contributed by atoms with E-state index in [1.165, 1.54) is 9.13 Å². The fourth-order valence-electron chi connectivity index (χ4n) is 10.7. The number of hydrogen-bond acceptors (Lipinski definition) is 4. The molecule has 0 aliphatic carbocycles. The largest absolute Gasteiger partial charge is 0.509 e. The summed E-state index contributed by atoms with van der Waals surface area (Å²) in [7, 11) is 0. The van der Waals surface area contributed by atoms with Crippen LogP contribution in [0.4, 0.5) is 22.7 Å². The molecule has 0 bridgehead atoms. The van der Waals surface area contributed by atoms with Gasteiger partial charge in [0.15, 0.2) is 0 Å². The minimum Gasteiger partial charge on any atom is -0.509 e. The van der Waals surface area contributed by atoms with E-state index in [1.54, 1.807) is 0 Å². The molecule has 0 radical (unpaired) electrons. The molecule has 0 atom stereocenters. The molecule has 0 N–H and O–H groups in total. The smallest absolute Gasteiger partial charge is 0.135 e. The molecule has 8 aromatic carbocycles. The minimum atomic E-state index is -2.70. The van der Waals surface area contributed by atoms with Gasteiger partial charge in [-0.1, -0.05) is 144 Å². The first-order valence-corrected chi connectivity index (χ1v) is 24.0. The zero-order valence-corrected chi connectivity index (χ0v) is 42.9. The summed E-state index contributed by atoms with van der Waals surface area (Å²) in [6.07, 6.45) is 1.87. The maximum Gasteiger partial charge on any atom is 0.135 e. The molecule has 8 heteroatoms. The van der Waals surface area contributed by atoms with Gasteiger partial charge in [-0.05, 0) is 69.8 Å². The Balaban J connectivity index is 0.00000609. The molecule has 1 aliphatic rings. The number of anilines is 4. The average Bonchev–Trinajstić information content (AvgIpc) is 3.01. The molecular formula is C64H53N6OPt-3. The number of fused-ring (bicyclic) bond motifs is 10. The van der Waals surface area contributed by atoms with Crippen LogP contribution in [-0.4, -0.2) is 18.7 Å². The van der Waals surface area contributed by atoms with Gasteiger partial charge in [0, 0.05) is 116 Å². The zero-order chi connectivity index (χ0) is 53.5. The summed E-state index contributed by atoms with van der Waals surface area (Å²) in [5, 5.41) is 4.95. The fraction of sp³-hybridized carbons (Fsp3) is 0.156. The Hall–Kier alpha value is -7.60. The van der Waals surface area contributed by atoms with Crippen molar-refractivity contribution < 1.29 is 34.0 Å². The van der Waals surface area contributed by atoms with Gasteiger partial charge in [0.25, 0.3) is 0 Å². The Labute approximate surface area is 443 Å². The van der Waals surface area contributed by atoms with E-state index in [-0.39, 0.29) is 31.9 Å². The standard InChI is InChI=1S/C64H53N6O.Pt/c1-63(2,3)41-32-33-65-56(36-41)70-52-27-17-12-22-46(52)47-31-30-44(38-55(47)70)71-45-35-42(64(4,5)6)34-43(37-45)68-39-69(54-29-19-18-28-53(54)68)62-60-58(48-23-13-15-25-50(48)66(60)7)57(40-20-10-9-11-21-40)59-49-24-14-16-26-51(49)67(8)61(59)62;/h9-36,39H,1-8H3;/q-3;/i7D3,8D3;. The van der Waals surface area contributed by atoms with Gasteiger partial charge >= 0.3 is 0 Å². The van der Waals surface area contributed by atoms with Crippen LogP contribution in [0.25, 0.3) is 82.4 Å². The van der Waals surface area contributed by atoms with Crippen molar-refractivity contribution in [3.05, 3.63) is 200 Å². The molecule has 13 rings (SSSR count). The van der Waals surface area contributed by atoms with Crippen molar-refractivity contribution >= 4 is 88.2 Å². The molecule has 0 unspecified atom stereocenters. The van der Waals surface area contributed by atoms with Crippen molar-refractivity contribution in [3.63, 3.8) is 0 Å². The maximum atomic E-state index is 9.28. The Morgan fingerprint density at radius 1 is 0.542 bits per heavy atom. The molecule has 0 fully saturated rings. The van der Waals surface area contributed by atoms with Crippen LogP contribution in [0.5, 0.6) is 11.5 Å². The maximum absolute atomic E-state index is 9.28. The minimum absolute atomic E-state index is 0. The summed E-state index contributed by atoms with van der Waals surface area (Å²) in [5.41, 5.74) is 9.40. The van der Waals surface area contributed by atoms with Crippen LogP contribution in [0.3, 0.4) is 0 Å². The number of aryl methyl sites for hydroxylation is 2. The summed E-state index contributed by atoms with van der Waals surface area (Å²) >= 11 is 0. The van der Waals surface area contributed by atoms with Crippen molar-refractivity contribution in [1.82, 2.24) is 18.7 Å². The van der Waals surface area contributed by atoms with Gasteiger partial charge in [0.2, 0.25) is 0 Å². The van der Waals surface area contributed by atoms with Crippen molar-refractivity contribution in [3.8, 4) is 28.4 Å². The molecule has 0 saturated heterocycles. The van der Waals surface area contributed by atoms with Crippen LogP contribution in [0.2, 0.25) is 0 Å². The van der Waals surface area contributed by atoms with Crippen molar-refractivity contribution in [2.24, 2.45) is 14.0 Å². The molecule has 0 saturated carbocycles. The van der Waals surface area contributed by atoms with Crippen molar-refractivity contribution in [1.29, 1.82) is 0 Å². The van der Waals surface area contributed by atoms with E-state index >= 15 is 0 Å². The van der Waals surface area contributed by atoms with E-state index in [0.29, 0.717) is 61.4 Å². The number of benzene rings is 8. The predicted molar refractivity (Wildman–Crippen MR) is 295 cm³/mol. The van der Waals surface area contributed by atoms with Gasteiger partial charge in [-0.25, -0.2) is 4.98 Å². The number of ether oxygens (including phenoxy) is 1. The van der Waals surface area contributed by atoms with Crippen LogP contribution in [0.15, 0.2) is 170 Å². The SMILES string of the molecule is [2H]C([2H])([2H])n1c2ccccc2c2c(-c3ccccc3)c3c4ccccc4n(C([2H])([2H])[2H])c3c(N3[CH-]N(c4[c-]c(Oc5[c-]c6c(cc5)c5ccccc5n6-c5cc(C(C)(C)C)ccn5)cc(C(C)(C)C)c4)c4ccccc43)c21.[Pt]. The molecule has 7 nitrogen and oxygen atoms in total. The van der Waals surface area contributed by atoms with Crippen molar-refractivity contribution in [2.45, 2.75) is 52.4 Å². The quantitative estimate of drug-likeness (QED) is 0.156. The number of pyridine rings is 1. The van der Waals surface area contributed by atoms with E-state index < -0.39 is 14.0 Å². The van der Waals surface area contributed by atoms with Gasteiger partial charge in [-0.15, -0.1) is 53.6 Å². The third kappa shape index (κ3) is 6.99. The first-order valence-electron chi connectivity index (χ1n) is 27.0. The number of rotatable bonds is 6. The topological polar surface area (TPSA) is 43.4 Å². The Morgan fingerprint density at radius 3 is 1.76 bits per heavy atom. The Morgan fingerprint density at radius 2 is 1.12 bits per heavy atom. The normalized spacial score (nSPS) is 14.6. The molecular weight excluding hydrogens is 1060 g/mol. The number of aromatic nitrogens is 4. The van der Waals surface area contributed by atoms with E-state index in [2.05, 4.69) is 94.6 Å². The average molecular weight is 1120 g/mol. The number of para-hydroxylation sites is 5.